The molecule has 2 N–H and O–H groups in total. The summed E-state index contributed by atoms with van der Waals surface area (Å²) in [7, 11) is 0. The highest BCUT2D eigenvalue weighted by Crippen LogP contribution is 2.44. The van der Waals surface area contributed by atoms with Gasteiger partial charge in [-0.3, -0.25) is 0 Å². The van der Waals surface area contributed by atoms with Crippen LogP contribution >= 0.6 is 0 Å². The summed E-state index contributed by atoms with van der Waals surface area (Å²) in [5, 5.41) is 0. The molecule has 1 saturated carbocycles. The van der Waals surface area contributed by atoms with Crippen molar-refractivity contribution >= 4 is 5.69 Å². The van der Waals surface area contributed by atoms with Crippen LogP contribution in [0, 0.1) is 0 Å². The van der Waals surface area contributed by atoms with Crippen molar-refractivity contribution in [2.45, 2.75) is 44.4 Å². The van der Waals surface area contributed by atoms with Crippen LogP contribution in [0.2, 0.25) is 0 Å². The molecule has 1 fully saturated rings. The zero-order valence-electron chi connectivity index (χ0n) is 11.9. The predicted octanol–water partition coefficient (Wildman–Crippen LogP) is 4.89. The Morgan fingerprint density at radius 1 is 0.850 bits per heavy atom. The molecule has 0 bridgehead atoms. The third kappa shape index (κ3) is 1.76. The maximum absolute atomic E-state index is 6.54. The monoisotopic (exact) mass is 263 g/mol. The summed E-state index contributed by atoms with van der Waals surface area (Å²) in [6.07, 6.45) is 7.76. The Morgan fingerprint density at radius 2 is 1.65 bits per heavy atom. The number of benzene rings is 2. The van der Waals surface area contributed by atoms with Crippen LogP contribution in [-0.2, 0) is 6.42 Å². The van der Waals surface area contributed by atoms with Crippen LogP contribution in [0.25, 0.3) is 11.1 Å². The first-order valence-electron chi connectivity index (χ1n) is 7.84. The molecule has 2 aromatic carbocycles. The molecule has 0 radical (unpaired) electrons. The van der Waals surface area contributed by atoms with Gasteiger partial charge in [-0.25, -0.2) is 0 Å². The summed E-state index contributed by atoms with van der Waals surface area (Å²) in [5.74, 6) is 0.692. The largest absolute Gasteiger partial charge is 0.398 e. The second-order valence-corrected chi connectivity index (χ2v) is 6.26. The van der Waals surface area contributed by atoms with E-state index < -0.39 is 0 Å². The molecule has 0 heterocycles. The summed E-state index contributed by atoms with van der Waals surface area (Å²) >= 11 is 0. The summed E-state index contributed by atoms with van der Waals surface area (Å²) in [6.45, 7) is 0. The molecule has 0 aromatic heterocycles. The van der Waals surface area contributed by atoms with Crippen molar-refractivity contribution in [1.29, 1.82) is 0 Å². The van der Waals surface area contributed by atoms with Crippen molar-refractivity contribution < 1.29 is 0 Å². The van der Waals surface area contributed by atoms with Gasteiger partial charge in [0.15, 0.2) is 0 Å². The summed E-state index contributed by atoms with van der Waals surface area (Å²) in [6, 6.07) is 13.3. The number of nitrogens with two attached hydrogens (primary N) is 1. The van der Waals surface area contributed by atoms with Crippen LogP contribution in [-0.4, -0.2) is 0 Å². The van der Waals surface area contributed by atoms with Gasteiger partial charge in [0.1, 0.15) is 0 Å². The van der Waals surface area contributed by atoms with Crippen molar-refractivity contribution in [3.63, 3.8) is 0 Å². The highest BCUT2D eigenvalue weighted by Gasteiger charge is 2.24. The van der Waals surface area contributed by atoms with E-state index >= 15 is 0 Å². The van der Waals surface area contributed by atoms with E-state index in [0.29, 0.717) is 5.92 Å². The molecule has 0 aliphatic heterocycles. The van der Waals surface area contributed by atoms with E-state index in [1.54, 1.807) is 0 Å². The molecule has 0 spiro atoms. The normalized spacial score (nSPS) is 17.8. The fourth-order valence-electron chi connectivity index (χ4n) is 4.02. The zero-order valence-corrected chi connectivity index (χ0v) is 11.9. The lowest BCUT2D eigenvalue weighted by Gasteiger charge is -2.24. The third-order valence-corrected chi connectivity index (χ3v) is 5.11. The first kappa shape index (κ1) is 12.0. The summed E-state index contributed by atoms with van der Waals surface area (Å²) in [4.78, 5) is 0. The average Bonchev–Trinajstić information content (AvgIpc) is 2.88. The summed E-state index contributed by atoms with van der Waals surface area (Å²) in [5.41, 5.74) is 14.6. The molecule has 1 heteroatoms. The SMILES string of the molecule is Nc1c(C2CCCCC2)ccc2c1Cc1ccccc1-2. The third-order valence-electron chi connectivity index (χ3n) is 5.11. The van der Waals surface area contributed by atoms with Gasteiger partial charge in [-0.05, 0) is 46.6 Å². The van der Waals surface area contributed by atoms with Crippen LogP contribution < -0.4 is 5.73 Å². The van der Waals surface area contributed by atoms with Crippen LogP contribution in [0.5, 0.6) is 0 Å². The molecule has 1 nitrogen and oxygen atoms in total. The van der Waals surface area contributed by atoms with Gasteiger partial charge in [0.25, 0.3) is 0 Å². The fraction of sp³-hybridized carbons (Fsp3) is 0.368. The van der Waals surface area contributed by atoms with E-state index in [9.17, 15) is 0 Å². The number of hydrogen-bond donors (Lipinski definition) is 1. The second kappa shape index (κ2) is 4.66. The van der Waals surface area contributed by atoms with Gasteiger partial charge in [-0.1, -0.05) is 55.7 Å². The van der Waals surface area contributed by atoms with Crippen LogP contribution in [0.3, 0.4) is 0 Å². The molecule has 2 aliphatic carbocycles. The fourth-order valence-corrected chi connectivity index (χ4v) is 4.02. The lowest BCUT2D eigenvalue weighted by Crippen LogP contribution is -2.08. The van der Waals surface area contributed by atoms with Crippen molar-refractivity contribution in [1.82, 2.24) is 0 Å². The Labute approximate surface area is 120 Å². The molecule has 4 rings (SSSR count). The Hall–Kier alpha value is -1.76. The standard InChI is InChI=1S/C19H21N/c20-19-16(13-6-2-1-3-7-13)10-11-17-15-9-5-4-8-14(15)12-18(17)19/h4-5,8-11,13H,1-3,6-7,12,20H2. The van der Waals surface area contributed by atoms with Crippen molar-refractivity contribution in [2.75, 3.05) is 5.73 Å². The minimum atomic E-state index is 0.692. The molecule has 20 heavy (non-hydrogen) atoms. The van der Waals surface area contributed by atoms with Crippen molar-refractivity contribution in [3.05, 3.63) is 53.1 Å². The van der Waals surface area contributed by atoms with Gasteiger partial charge in [0, 0.05) is 12.1 Å². The zero-order chi connectivity index (χ0) is 13.5. The molecule has 2 aromatic rings. The first-order chi connectivity index (χ1) is 9.84. The van der Waals surface area contributed by atoms with E-state index in [4.69, 9.17) is 5.73 Å². The molecule has 0 atom stereocenters. The van der Waals surface area contributed by atoms with Crippen molar-refractivity contribution in [2.24, 2.45) is 0 Å². The highest BCUT2D eigenvalue weighted by molar-refractivity contribution is 5.82. The predicted molar refractivity (Wildman–Crippen MR) is 84.9 cm³/mol. The van der Waals surface area contributed by atoms with E-state index in [1.807, 2.05) is 0 Å². The number of rotatable bonds is 1. The van der Waals surface area contributed by atoms with Gasteiger partial charge >= 0.3 is 0 Å². The Bertz CT molecular complexity index is 651. The van der Waals surface area contributed by atoms with Gasteiger partial charge < -0.3 is 5.73 Å². The van der Waals surface area contributed by atoms with Crippen LogP contribution in [0.1, 0.15) is 54.7 Å². The van der Waals surface area contributed by atoms with Gasteiger partial charge in [0.05, 0.1) is 0 Å². The van der Waals surface area contributed by atoms with Crippen LogP contribution in [0.15, 0.2) is 36.4 Å². The van der Waals surface area contributed by atoms with E-state index in [0.717, 1.165) is 12.1 Å². The smallest absolute Gasteiger partial charge is 0.0391 e. The number of hydrogen-bond acceptors (Lipinski definition) is 1. The Balaban J connectivity index is 1.78. The Morgan fingerprint density at radius 3 is 2.50 bits per heavy atom. The maximum atomic E-state index is 6.54. The Kier molecular flexibility index (Phi) is 2.80. The van der Waals surface area contributed by atoms with Gasteiger partial charge in [-0.15, -0.1) is 0 Å². The second-order valence-electron chi connectivity index (χ2n) is 6.26. The first-order valence-corrected chi connectivity index (χ1v) is 7.84. The summed E-state index contributed by atoms with van der Waals surface area (Å²) < 4.78 is 0. The maximum Gasteiger partial charge on any atom is 0.0391 e. The molecule has 0 amide bonds. The minimum absolute atomic E-state index is 0.692. The van der Waals surface area contributed by atoms with E-state index in [1.165, 1.54) is 59.9 Å². The van der Waals surface area contributed by atoms with E-state index in [-0.39, 0.29) is 0 Å². The van der Waals surface area contributed by atoms with Crippen LogP contribution in [0.4, 0.5) is 5.69 Å². The van der Waals surface area contributed by atoms with Gasteiger partial charge in [-0.2, -0.15) is 0 Å². The van der Waals surface area contributed by atoms with Crippen molar-refractivity contribution in [3.8, 4) is 11.1 Å². The average molecular weight is 263 g/mol. The number of fused-ring (bicyclic) bond motifs is 3. The molecule has 0 unspecified atom stereocenters. The molecule has 0 saturated heterocycles. The quantitative estimate of drug-likeness (QED) is 0.622. The number of anilines is 1. The van der Waals surface area contributed by atoms with Gasteiger partial charge in [0.2, 0.25) is 0 Å². The number of nitrogen functional groups attached to an aromatic ring is 1. The minimum Gasteiger partial charge on any atom is -0.398 e. The molecular weight excluding hydrogens is 242 g/mol. The highest BCUT2D eigenvalue weighted by atomic mass is 14.6. The topological polar surface area (TPSA) is 26.0 Å². The van der Waals surface area contributed by atoms with E-state index in [2.05, 4.69) is 36.4 Å². The molecule has 102 valence electrons. The lowest BCUT2D eigenvalue weighted by molar-refractivity contribution is 0.444. The molecule has 2 aliphatic rings. The lowest BCUT2D eigenvalue weighted by atomic mass is 9.82. The molecular formula is C19H21N.